The molecule has 0 spiro atoms. The van der Waals surface area contributed by atoms with Crippen molar-refractivity contribution in [2.75, 3.05) is 18.4 Å². The van der Waals surface area contributed by atoms with E-state index >= 15 is 0 Å². The topological polar surface area (TPSA) is 52.7 Å². The highest BCUT2D eigenvalue weighted by atomic mass is 79.9. The Hall–Kier alpha value is -0.740. The second-order valence-electron chi connectivity index (χ2n) is 5.34. The minimum atomic E-state index is -2.43. The van der Waals surface area contributed by atoms with E-state index in [9.17, 15) is 8.78 Å². The van der Waals surface area contributed by atoms with Gasteiger partial charge in [-0.1, -0.05) is 0 Å². The Bertz CT molecular complexity index is 789. The maximum Gasteiger partial charge on any atom is 0.273 e. The number of halogens is 4. The smallest absolute Gasteiger partial charge is 0.273 e. The molecule has 0 saturated heterocycles. The number of thiophene rings is 2. The first kappa shape index (κ1) is 20.6. The molecule has 3 rings (SSSR count). The van der Waals surface area contributed by atoms with Gasteiger partial charge in [-0.05, 0) is 41.4 Å². The Morgan fingerprint density at radius 2 is 2.12 bits per heavy atom. The number of rotatable bonds is 8. The molecular weight excluding hydrogens is 454 g/mol. The summed E-state index contributed by atoms with van der Waals surface area (Å²) in [5.74, 6) is 0.785. The van der Waals surface area contributed by atoms with Crippen molar-refractivity contribution in [3.05, 3.63) is 30.6 Å². The molecule has 0 fully saturated rings. The second-order valence-corrected chi connectivity index (χ2v) is 8.02. The summed E-state index contributed by atoms with van der Waals surface area (Å²) in [4.78, 5) is 8.71. The first-order valence-electron chi connectivity index (χ1n) is 7.48. The molecular formula is C15H18BrClF2N4S2. The SMILES string of the molecule is Cc1c(CNCCCNc2nc3cscc3[nH]2)sc(C(F)F)c1Br.Cl. The van der Waals surface area contributed by atoms with E-state index in [1.165, 1.54) is 11.3 Å². The van der Waals surface area contributed by atoms with E-state index in [1.54, 1.807) is 11.3 Å². The third-order valence-electron chi connectivity index (χ3n) is 3.63. The summed E-state index contributed by atoms with van der Waals surface area (Å²) in [6.07, 6.45) is -1.51. The average molecular weight is 472 g/mol. The number of aromatic amines is 1. The van der Waals surface area contributed by atoms with E-state index < -0.39 is 6.43 Å². The van der Waals surface area contributed by atoms with Crippen LogP contribution in [0, 0.1) is 6.92 Å². The number of hydrogen-bond acceptors (Lipinski definition) is 5. The van der Waals surface area contributed by atoms with Crippen LogP contribution >= 0.6 is 51.0 Å². The maximum atomic E-state index is 12.9. The van der Waals surface area contributed by atoms with Crippen LogP contribution in [0.1, 0.15) is 28.2 Å². The van der Waals surface area contributed by atoms with Gasteiger partial charge in [-0.3, -0.25) is 0 Å². The first-order chi connectivity index (χ1) is 11.6. The van der Waals surface area contributed by atoms with Gasteiger partial charge in [0.25, 0.3) is 6.43 Å². The Morgan fingerprint density at radius 1 is 1.32 bits per heavy atom. The normalized spacial score (nSPS) is 11.2. The summed E-state index contributed by atoms with van der Waals surface area (Å²) in [5, 5.41) is 10.6. The number of hydrogen-bond donors (Lipinski definition) is 3. The summed E-state index contributed by atoms with van der Waals surface area (Å²) in [7, 11) is 0. The van der Waals surface area contributed by atoms with Crippen LogP contribution in [0.4, 0.5) is 14.7 Å². The van der Waals surface area contributed by atoms with Crippen molar-refractivity contribution < 1.29 is 8.78 Å². The van der Waals surface area contributed by atoms with E-state index in [0.717, 1.165) is 46.9 Å². The van der Waals surface area contributed by atoms with Crippen LogP contribution in [0.5, 0.6) is 0 Å². The Kier molecular flexibility index (Phi) is 7.63. The zero-order valence-corrected chi connectivity index (χ0v) is 17.4. The van der Waals surface area contributed by atoms with Crippen LogP contribution in [0.2, 0.25) is 0 Å². The highest BCUT2D eigenvalue weighted by Gasteiger charge is 2.19. The molecule has 0 saturated carbocycles. The van der Waals surface area contributed by atoms with Gasteiger partial charge >= 0.3 is 0 Å². The Morgan fingerprint density at radius 3 is 2.80 bits per heavy atom. The van der Waals surface area contributed by atoms with Gasteiger partial charge in [0, 0.05) is 33.2 Å². The summed E-state index contributed by atoms with van der Waals surface area (Å²) in [6.45, 7) is 4.08. The number of imidazole rings is 1. The number of nitrogens with zero attached hydrogens (tertiary/aromatic N) is 1. The van der Waals surface area contributed by atoms with Gasteiger partial charge in [0.15, 0.2) is 0 Å². The summed E-state index contributed by atoms with van der Waals surface area (Å²) < 4.78 is 26.3. The lowest BCUT2D eigenvalue weighted by atomic mass is 10.2. The van der Waals surface area contributed by atoms with Crippen LogP contribution in [0.25, 0.3) is 11.0 Å². The van der Waals surface area contributed by atoms with E-state index in [-0.39, 0.29) is 17.3 Å². The average Bonchev–Trinajstić information content (AvgIpc) is 3.19. The number of H-pyrrole nitrogens is 1. The van der Waals surface area contributed by atoms with Gasteiger partial charge in [0.1, 0.15) is 5.52 Å². The molecule has 0 atom stereocenters. The third kappa shape index (κ3) is 4.91. The lowest BCUT2D eigenvalue weighted by Crippen LogP contribution is -2.17. The van der Waals surface area contributed by atoms with Crippen LogP contribution in [-0.2, 0) is 6.54 Å². The maximum absolute atomic E-state index is 12.9. The largest absolute Gasteiger partial charge is 0.356 e. The lowest BCUT2D eigenvalue weighted by Gasteiger charge is -2.05. The minimum Gasteiger partial charge on any atom is -0.356 e. The van der Waals surface area contributed by atoms with Crippen molar-refractivity contribution >= 4 is 68.0 Å². The molecule has 0 aliphatic rings. The highest BCUT2D eigenvalue weighted by Crippen LogP contribution is 2.38. The van der Waals surface area contributed by atoms with Gasteiger partial charge in [0.2, 0.25) is 5.95 Å². The molecule has 3 aromatic heterocycles. The molecule has 138 valence electrons. The van der Waals surface area contributed by atoms with E-state index in [2.05, 4.69) is 36.5 Å². The van der Waals surface area contributed by atoms with Gasteiger partial charge in [-0.2, -0.15) is 0 Å². The molecule has 0 amide bonds. The fourth-order valence-corrected chi connectivity index (χ4v) is 4.83. The molecule has 0 aliphatic heterocycles. The van der Waals surface area contributed by atoms with Crippen molar-refractivity contribution in [3.8, 4) is 0 Å². The Labute approximate surface area is 167 Å². The number of anilines is 1. The fraction of sp³-hybridized carbons (Fsp3) is 0.400. The molecule has 3 heterocycles. The van der Waals surface area contributed by atoms with Gasteiger partial charge in [-0.25, -0.2) is 13.8 Å². The summed E-state index contributed by atoms with van der Waals surface area (Å²) in [5.41, 5.74) is 2.93. The zero-order chi connectivity index (χ0) is 17.1. The molecule has 0 unspecified atom stereocenters. The number of aromatic nitrogens is 2. The summed E-state index contributed by atoms with van der Waals surface area (Å²) >= 11 is 6.05. The predicted octanol–water partition coefficient (Wildman–Crippen LogP) is 5.71. The molecule has 0 aliphatic carbocycles. The van der Waals surface area contributed by atoms with E-state index in [0.29, 0.717) is 11.0 Å². The van der Waals surface area contributed by atoms with Gasteiger partial charge in [-0.15, -0.1) is 35.1 Å². The first-order valence-corrected chi connectivity index (χ1v) is 10.0. The molecule has 25 heavy (non-hydrogen) atoms. The van der Waals surface area contributed by atoms with Crippen molar-refractivity contribution in [1.29, 1.82) is 0 Å². The summed E-state index contributed by atoms with van der Waals surface area (Å²) in [6, 6.07) is 0. The highest BCUT2D eigenvalue weighted by molar-refractivity contribution is 9.10. The standard InChI is InChI=1S/C15H17BrF2N4S2.ClH/c1-8-11(24-13(12(8)16)14(17)18)5-19-3-2-4-20-15-21-9-6-23-7-10(9)22-15;/h6-7,14,19H,2-5H2,1H3,(H2,20,21,22);1H. The third-order valence-corrected chi connectivity index (χ3v) is 6.94. The second kappa shape index (κ2) is 9.27. The molecule has 3 aromatic rings. The van der Waals surface area contributed by atoms with Gasteiger partial charge in [0.05, 0.1) is 10.4 Å². The monoisotopic (exact) mass is 470 g/mol. The quantitative estimate of drug-likeness (QED) is 0.369. The predicted molar refractivity (Wildman–Crippen MR) is 108 cm³/mol. The molecule has 0 radical (unpaired) electrons. The molecule has 4 nitrogen and oxygen atoms in total. The Balaban J connectivity index is 0.00000225. The molecule has 0 bridgehead atoms. The fourth-order valence-electron chi connectivity index (χ4n) is 2.32. The van der Waals surface area contributed by atoms with Crippen molar-refractivity contribution in [2.24, 2.45) is 0 Å². The molecule has 10 heteroatoms. The van der Waals surface area contributed by atoms with Crippen LogP contribution in [0.3, 0.4) is 0 Å². The van der Waals surface area contributed by atoms with Crippen molar-refractivity contribution in [3.63, 3.8) is 0 Å². The number of fused-ring (bicyclic) bond motifs is 1. The number of alkyl halides is 2. The van der Waals surface area contributed by atoms with Crippen LogP contribution < -0.4 is 10.6 Å². The molecule has 0 aromatic carbocycles. The minimum absolute atomic E-state index is 0. The van der Waals surface area contributed by atoms with Crippen molar-refractivity contribution in [1.82, 2.24) is 15.3 Å². The zero-order valence-electron chi connectivity index (χ0n) is 13.4. The van der Waals surface area contributed by atoms with Gasteiger partial charge < -0.3 is 15.6 Å². The van der Waals surface area contributed by atoms with Crippen LogP contribution in [-0.4, -0.2) is 23.1 Å². The molecule has 3 N–H and O–H groups in total. The van der Waals surface area contributed by atoms with Crippen LogP contribution in [0.15, 0.2) is 15.2 Å². The van der Waals surface area contributed by atoms with E-state index in [4.69, 9.17) is 0 Å². The van der Waals surface area contributed by atoms with Crippen molar-refractivity contribution in [2.45, 2.75) is 26.3 Å². The van der Waals surface area contributed by atoms with E-state index in [1.807, 2.05) is 17.7 Å². The number of nitrogens with one attached hydrogen (secondary N) is 3. The lowest BCUT2D eigenvalue weighted by molar-refractivity contribution is 0.155.